The molecule has 1 unspecified atom stereocenters. The van der Waals surface area contributed by atoms with E-state index in [4.69, 9.17) is 9.31 Å². The first-order valence-electron chi connectivity index (χ1n) is 11.3. The Morgan fingerprint density at radius 3 is 2.42 bits per heavy atom. The monoisotopic (exact) mass is 434 g/mol. The molecule has 3 aromatic rings. The predicted octanol–water partition coefficient (Wildman–Crippen LogP) is 4.76. The van der Waals surface area contributed by atoms with Gasteiger partial charge in [0, 0.05) is 19.1 Å². The molecular weight excluding hydrogens is 403 g/mol. The lowest BCUT2D eigenvalue weighted by molar-refractivity contribution is 0.00578. The fourth-order valence-corrected chi connectivity index (χ4v) is 5.28. The molecule has 1 fully saturated rings. The minimum Gasteiger partial charge on any atom is -0.399 e. The number of thiazole rings is 1. The second-order valence-electron chi connectivity index (χ2n) is 9.91. The summed E-state index contributed by atoms with van der Waals surface area (Å²) in [7, 11) is -0.293. The van der Waals surface area contributed by atoms with E-state index in [2.05, 4.69) is 80.9 Å². The zero-order valence-electron chi connectivity index (χ0n) is 19.1. The van der Waals surface area contributed by atoms with Crippen LogP contribution in [0.15, 0.2) is 41.9 Å². The Balaban J connectivity index is 1.32. The molecule has 0 spiro atoms. The van der Waals surface area contributed by atoms with Crippen LogP contribution in [0.1, 0.15) is 57.4 Å². The lowest BCUT2D eigenvalue weighted by Crippen LogP contribution is -2.41. The maximum Gasteiger partial charge on any atom is 0.494 e. The molecule has 5 rings (SSSR count). The van der Waals surface area contributed by atoms with Crippen molar-refractivity contribution >= 4 is 34.1 Å². The molecule has 6 heteroatoms. The van der Waals surface area contributed by atoms with E-state index in [9.17, 15) is 0 Å². The number of rotatable bonds is 3. The molecule has 31 heavy (non-hydrogen) atoms. The first kappa shape index (κ1) is 21.1. The summed E-state index contributed by atoms with van der Waals surface area (Å²) in [6, 6.07) is 13.9. The van der Waals surface area contributed by atoms with E-state index in [1.54, 1.807) is 11.3 Å². The number of hydrogen-bond donors (Lipinski definition) is 0. The third-order valence-corrected chi connectivity index (χ3v) is 8.29. The largest absolute Gasteiger partial charge is 0.494 e. The quantitative estimate of drug-likeness (QED) is 0.557. The van der Waals surface area contributed by atoms with Crippen molar-refractivity contribution in [3.05, 3.63) is 58.6 Å². The molecular formula is C25H31BN2O2S. The Bertz CT molecular complexity index is 1090. The van der Waals surface area contributed by atoms with Gasteiger partial charge in [0.2, 0.25) is 0 Å². The summed E-state index contributed by atoms with van der Waals surface area (Å²) in [5.41, 5.74) is 7.78. The van der Waals surface area contributed by atoms with Crippen molar-refractivity contribution in [3.63, 3.8) is 0 Å². The second-order valence-corrected chi connectivity index (χ2v) is 10.8. The molecule has 1 saturated heterocycles. The maximum absolute atomic E-state index is 6.28. The Morgan fingerprint density at radius 1 is 0.968 bits per heavy atom. The van der Waals surface area contributed by atoms with Crippen molar-refractivity contribution in [2.24, 2.45) is 0 Å². The molecule has 2 aliphatic rings. The molecule has 4 nitrogen and oxygen atoms in total. The van der Waals surface area contributed by atoms with E-state index in [0.29, 0.717) is 6.04 Å². The van der Waals surface area contributed by atoms with Crippen LogP contribution in [0.5, 0.6) is 0 Å². The van der Waals surface area contributed by atoms with Gasteiger partial charge in [-0.25, -0.2) is 4.98 Å². The zero-order valence-corrected chi connectivity index (χ0v) is 20.0. The third kappa shape index (κ3) is 3.84. The second kappa shape index (κ2) is 7.70. The molecule has 0 radical (unpaired) electrons. The highest BCUT2D eigenvalue weighted by atomic mass is 32.1. The van der Waals surface area contributed by atoms with Gasteiger partial charge in [0.1, 0.15) is 0 Å². The van der Waals surface area contributed by atoms with Crippen LogP contribution in [0, 0.1) is 0 Å². The van der Waals surface area contributed by atoms with Crippen LogP contribution in [0.2, 0.25) is 0 Å². The summed E-state index contributed by atoms with van der Waals surface area (Å²) in [4.78, 5) is 7.10. The van der Waals surface area contributed by atoms with E-state index >= 15 is 0 Å². The molecule has 3 heterocycles. The van der Waals surface area contributed by atoms with Crippen molar-refractivity contribution in [2.45, 2.75) is 64.7 Å². The molecule has 0 saturated carbocycles. The Morgan fingerprint density at radius 2 is 1.68 bits per heavy atom. The van der Waals surface area contributed by atoms with Crippen LogP contribution < -0.4 is 5.46 Å². The van der Waals surface area contributed by atoms with Gasteiger partial charge >= 0.3 is 7.12 Å². The lowest BCUT2D eigenvalue weighted by atomic mass is 9.77. The number of aromatic nitrogens is 1. The summed E-state index contributed by atoms with van der Waals surface area (Å²) in [5, 5.41) is 0. The fraction of sp³-hybridized carbons (Fsp3) is 0.480. The molecule has 2 aromatic carbocycles. The number of fused-ring (bicyclic) bond motifs is 2. The van der Waals surface area contributed by atoms with Gasteiger partial charge in [0.05, 0.1) is 26.9 Å². The van der Waals surface area contributed by atoms with Gasteiger partial charge in [-0.05, 0) is 81.7 Å². The van der Waals surface area contributed by atoms with Crippen molar-refractivity contribution in [1.29, 1.82) is 0 Å². The van der Waals surface area contributed by atoms with E-state index in [-0.39, 0.29) is 18.3 Å². The lowest BCUT2D eigenvalue weighted by Gasteiger charge is -2.32. The molecule has 0 N–H and O–H groups in total. The van der Waals surface area contributed by atoms with Crippen LogP contribution in [0.4, 0.5) is 0 Å². The Hall–Kier alpha value is -1.73. The Labute approximate surface area is 189 Å². The van der Waals surface area contributed by atoms with Crippen LogP contribution in [0.3, 0.4) is 0 Å². The van der Waals surface area contributed by atoms with Gasteiger partial charge in [0.25, 0.3) is 0 Å². The van der Waals surface area contributed by atoms with E-state index in [1.165, 1.54) is 21.4 Å². The van der Waals surface area contributed by atoms with Crippen LogP contribution >= 0.6 is 11.3 Å². The van der Waals surface area contributed by atoms with Crippen molar-refractivity contribution in [2.75, 3.05) is 13.1 Å². The molecule has 1 aromatic heterocycles. The normalized spacial score (nSPS) is 21.8. The van der Waals surface area contributed by atoms with Gasteiger partial charge in [0.15, 0.2) is 0 Å². The molecule has 0 bridgehead atoms. The van der Waals surface area contributed by atoms with E-state index in [0.717, 1.165) is 36.9 Å². The van der Waals surface area contributed by atoms with E-state index in [1.807, 2.05) is 5.51 Å². The smallest absolute Gasteiger partial charge is 0.399 e. The molecule has 162 valence electrons. The third-order valence-electron chi connectivity index (χ3n) is 7.48. The van der Waals surface area contributed by atoms with Gasteiger partial charge in [-0.2, -0.15) is 0 Å². The Kier molecular flexibility index (Phi) is 5.25. The highest BCUT2D eigenvalue weighted by Crippen LogP contribution is 2.36. The minimum absolute atomic E-state index is 0.293. The van der Waals surface area contributed by atoms with Crippen LogP contribution in [-0.2, 0) is 22.2 Å². The van der Waals surface area contributed by atoms with Gasteiger partial charge < -0.3 is 9.31 Å². The summed E-state index contributed by atoms with van der Waals surface area (Å²) in [6.07, 6.45) is 2.12. The highest BCUT2D eigenvalue weighted by molar-refractivity contribution is 7.16. The first-order valence-corrected chi connectivity index (χ1v) is 12.2. The average Bonchev–Trinajstić information content (AvgIpc) is 3.20. The summed E-state index contributed by atoms with van der Waals surface area (Å²) in [5.74, 6) is 0. The summed E-state index contributed by atoms with van der Waals surface area (Å²) < 4.78 is 13.8. The van der Waals surface area contributed by atoms with E-state index < -0.39 is 0 Å². The molecule has 1 atom stereocenters. The standard InChI is InChI=1S/C25H31BN2O2S/c1-17(19-7-9-23-22(15-19)27-16-31-23)28-12-10-18-6-8-21(14-20(18)11-13-28)26-29-24(2,3)25(4,5)30-26/h6-9,14-17H,10-13H2,1-5H3. The van der Waals surface area contributed by atoms with Crippen molar-refractivity contribution in [3.8, 4) is 0 Å². The van der Waals surface area contributed by atoms with Crippen LogP contribution in [0.25, 0.3) is 10.2 Å². The zero-order chi connectivity index (χ0) is 21.8. The van der Waals surface area contributed by atoms with Crippen molar-refractivity contribution < 1.29 is 9.31 Å². The maximum atomic E-state index is 6.28. The summed E-state index contributed by atoms with van der Waals surface area (Å²) in [6.45, 7) is 12.9. The summed E-state index contributed by atoms with van der Waals surface area (Å²) >= 11 is 1.70. The van der Waals surface area contributed by atoms with Crippen LogP contribution in [-0.4, -0.2) is 41.3 Å². The number of benzene rings is 2. The highest BCUT2D eigenvalue weighted by Gasteiger charge is 2.51. The molecule has 0 amide bonds. The van der Waals surface area contributed by atoms with Gasteiger partial charge in [-0.3, -0.25) is 4.90 Å². The minimum atomic E-state index is -0.310. The average molecular weight is 434 g/mol. The number of hydrogen-bond acceptors (Lipinski definition) is 5. The molecule has 2 aliphatic heterocycles. The topological polar surface area (TPSA) is 34.6 Å². The number of nitrogens with zero attached hydrogens (tertiary/aromatic N) is 2. The SMILES string of the molecule is CC(c1ccc2scnc2c1)N1CCc2ccc(B3OC(C)(C)C(C)(C)O3)cc2CC1. The first-order chi connectivity index (χ1) is 14.7. The van der Waals surface area contributed by atoms with Gasteiger partial charge in [-0.1, -0.05) is 24.3 Å². The van der Waals surface area contributed by atoms with Crippen molar-refractivity contribution in [1.82, 2.24) is 9.88 Å². The van der Waals surface area contributed by atoms with Gasteiger partial charge in [-0.15, -0.1) is 11.3 Å². The predicted molar refractivity (Wildman–Crippen MR) is 129 cm³/mol. The fourth-order valence-electron chi connectivity index (χ4n) is 4.62. The molecule has 0 aliphatic carbocycles.